The van der Waals surface area contributed by atoms with E-state index in [4.69, 9.17) is 0 Å². The number of rotatable bonds is 0. The summed E-state index contributed by atoms with van der Waals surface area (Å²) < 4.78 is 0. The van der Waals surface area contributed by atoms with Gasteiger partial charge in [-0.15, -0.1) is 0 Å². The smallest absolute Gasteiger partial charge is 0.0205 e. The molecule has 0 amide bonds. The average molecular weight is 210 g/mol. The summed E-state index contributed by atoms with van der Waals surface area (Å²) in [6, 6.07) is 0. The molecule has 0 aromatic carbocycles. The van der Waals surface area contributed by atoms with Gasteiger partial charge in [0.2, 0.25) is 0 Å². The fourth-order valence-electron chi connectivity index (χ4n) is 3.41. The molecule has 0 heteroatoms. The molecule has 0 bridgehead atoms. The quantitative estimate of drug-likeness (QED) is 0.552. The van der Waals surface area contributed by atoms with Gasteiger partial charge in [0, 0.05) is 5.41 Å². The SMILES string of the molecule is C=C1C=CC=C2CCCCC23CC=CC=C13. The minimum absolute atomic E-state index is 0.299. The second kappa shape index (κ2) is 3.62. The van der Waals surface area contributed by atoms with Crippen molar-refractivity contribution in [3.63, 3.8) is 0 Å². The van der Waals surface area contributed by atoms with Crippen LogP contribution in [0.3, 0.4) is 0 Å². The van der Waals surface area contributed by atoms with Crippen LogP contribution >= 0.6 is 0 Å². The van der Waals surface area contributed by atoms with E-state index >= 15 is 0 Å². The van der Waals surface area contributed by atoms with Gasteiger partial charge >= 0.3 is 0 Å². The summed E-state index contributed by atoms with van der Waals surface area (Å²) in [5.74, 6) is 0. The van der Waals surface area contributed by atoms with Gasteiger partial charge in [-0.1, -0.05) is 55.0 Å². The van der Waals surface area contributed by atoms with Crippen LogP contribution < -0.4 is 0 Å². The van der Waals surface area contributed by atoms with E-state index in [0.29, 0.717) is 5.41 Å². The largest absolute Gasteiger partial charge is 0.0915 e. The Hall–Kier alpha value is -1.30. The van der Waals surface area contributed by atoms with Gasteiger partial charge in [-0.3, -0.25) is 0 Å². The highest BCUT2D eigenvalue weighted by atomic mass is 14.4. The minimum atomic E-state index is 0.299. The van der Waals surface area contributed by atoms with Crippen molar-refractivity contribution in [2.24, 2.45) is 5.41 Å². The van der Waals surface area contributed by atoms with Crippen LogP contribution in [0.5, 0.6) is 0 Å². The first-order valence-corrected chi connectivity index (χ1v) is 6.27. The van der Waals surface area contributed by atoms with Crippen molar-refractivity contribution >= 4 is 0 Å². The summed E-state index contributed by atoms with van der Waals surface area (Å²) in [6.45, 7) is 4.22. The van der Waals surface area contributed by atoms with E-state index < -0.39 is 0 Å². The molecular formula is C16H18. The van der Waals surface area contributed by atoms with E-state index in [0.717, 1.165) is 0 Å². The zero-order chi connectivity index (χ0) is 11.0. The Bertz CT molecular complexity index is 443. The van der Waals surface area contributed by atoms with Crippen LogP contribution in [0.1, 0.15) is 32.1 Å². The summed E-state index contributed by atoms with van der Waals surface area (Å²) in [4.78, 5) is 0. The van der Waals surface area contributed by atoms with Crippen molar-refractivity contribution in [3.8, 4) is 0 Å². The van der Waals surface area contributed by atoms with Crippen LogP contribution in [0.15, 0.2) is 59.8 Å². The molecule has 0 heterocycles. The molecule has 0 nitrogen and oxygen atoms in total. The monoisotopic (exact) mass is 210 g/mol. The molecular weight excluding hydrogens is 192 g/mol. The van der Waals surface area contributed by atoms with Gasteiger partial charge in [0.05, 0.1) is 0 Å². The van der Waals surface area contributed by atoms with Crippen LogP contribution in [0.25, 0.3) is 0 Å². The molecule has 0 radical (unpaired) electrons. The highest BCUT2D eigenvalue weighted by Crippen LogP contribution is 2.53. The predicted octanol–water partition coefficient (Wildman–Crippen LogP) is 4.49. The van der Waals surface area contributed by atoms with Gasteiger partial charge in [-0.25, -0.2) is 0 Å². The van der Waals surface area contributed by atoms with Gasteiger partial charge in [-0.05, 0) is 36.8 Å². The maximum absolute atomic E-state index is 4.22. The molecule has 82 valence electrons. The Morgan fingerprint density at radius 1 is 1.12 bits per heavy atom. The summed E-state index contributed by atoms with van der Waals surface area (Å²) in [7, 11) is 0. The van der Waals surface area contributed by atoms with E-state index in [1.807, 2.05) is 0 Å². The van der Waals surface area contributed by atoms with E-state index in [2.05, 4.69) is 43.0 Å². The molecule has 0 saturated heterocycles. The molecule has 0 aliphatic heterocycles. The van der Waals surface area contributed by atoms with Gasteiger partial charge in [0.15, 0.2) is 0 Å². The third-order valence-corrected chi connectivity index (χ3v) is 4.24. The molecule has 1 atom stereocenters. The maximum atomic E-state index is 4.22. The lowest BCUT2D eigenvalue weighted by Crippen LogP contribution is -2.30. The van der Waals surface area contributed by atoms with Gasteiger partial charge < -0.3 is 0 Å². The highest BCUT2D eigenvalue weighted by molar-refractivity contribution is 5.54. The van der Waals surface area contributed by atoms with Crippen molar-refractivity contribution in [2.75, 3.05) is 0 Å². The fraction of sp³-hybridized carbons (Fsp3) is 0.375. The van der Waals surface area contributed by atoms with E-state index in [1.165, 1.54) is 43.3 Å². The summed E-state index contributed by atoms with van der Waals surface area (Å²) in [6.07, 6.45) is 19.9. The third-order valence-electron chi connectivity index (χ3n) is 4.24. The average Bonchev–Trinajstić information content (AvgIpc) is 2.46. The first-order valence-electron chi connectivity index (χ1n) is 6.27. The number of allylic oxidation sites excluding steroid dienone is 9. The first-order chi connectivity index (χ1) is 7.83. The van der Waals surface area contributed by atoms with Crippen LogP contribution in [0, 0.1) is 5.41 Å². The molecule has 3 aliphatic carbocycles. The highest BCUT2D eigenvalue weighted by Gasteiger charge is 2.40. The van der Waals surface area contributed by atoms with Crippen LogP contribution in [0.4, 0.5) is 0 Å². The van der Waals surface area contributed by atoms with Crippen LogP contribution in [-0.2, 0) is 0 Å². The molecule has 16 heavy (non-hydrogen) atoms. The molecule has 0 aromatic rings. The zero-order valence-corrected chi connectivity index (χ0v) is 9.71. The lowest BCUT2D eigenvalue weighted by atomic mass is 9.61. The van der Waals surface area contributed by atoms with Gasteiger partial charge in [-0.2, -0.15) is 0 Å². The Labute approximate surface area is 97.7 Å². The summed E-state index contributed by atoms with van der Waals surface area (Å²) >= 11 is 0. The second-order valence-electron chi connectivity index (χ2n) is 5.08. The molecule has 1 unspecified atom stereocenters. The predicted molar refractivity (Wildman–Crippen MR) is 69.1 cm³/mol. The zero-order valence-electron chi connectivity index (χ0n) is 9.71. The van der Waals surface area contributed by atoms with Crippen molar-refractivity contribution in [1.82, 2.24) is 0 Å². The molecule has 1 fully saturated rings. The molecule has 1 spiro atoms. The van der Waals surface area contributed by atoms with Crippen molar-refractivity contribution in [3.05, 3.63) is 59.8 Å². The molecule has 3 rings (SSSR count). The molecule has 1 saturated carbocycles. The van der Waals surface area contributed by atoms with E-state index in [1.54, 1.807) is 5.57 Å². The standard InChI is InChI=1S/C16H18/c1-13-7-6-9-14-8-2-4-11-16(14)12-5-3-10-15(13)16/h3,5-7,9-10H,1-2,4,8,11-12H2. The first kappa shape index (κ1) is 9.89. The number of hydrogen-bond donors (Lipinski definition) is 0. The van der Waals surface area contributed by atoms with Crippen LogP contribution in [0.2, 0.25) is 0 Å². The lowest BCUT2D eigenvalue weighted by Gasteiger charge is -2.42. The topological polar surface area (TPSA) is 0 Å². The second-order valence-corrected chi connectivity index (χ2v) is 5.08. The summed E-state index contributed by atoms with van der Waals surface area (Å²) in [5.41, 5.74) is 4.60. The Balaban J connectivity index is 2.16. The number of hydrogen-bond acceptors (Lipinski definition) is 0. The Kier molecular flexibility index (Phi) is 2.24. The van der Waals surface area contributed by atoms with Gasteiger partial charge in [0.1, 0.15) is 0 Å². The molecule has 0 N–H and O–H groups in total. The van der Waals surface area contributed by atoms with Gasteiger partial charge in [0.25, 0.3) is 0 Å². The van der Waals surface area contributed by atoms with Crippen LogP contribution in [-0.4, -0.2) is 0 Å². The molecule has 0 aromatic heterocycles. The Morgan fingerprint density at radius 2 is 2.06 bits per heavy atom. The summed E-state index contributed by atoms with van der Waals surface area (Å²) in [5, 5.41) is 0. The van der Waals surface area contributed by atoms with Crippen molar-refractivity contribution < 1.29 is 0 Å². The van der Waals surface area contributed by atoms with Crippen molar-refractivity contribution in [2.45, 2.75) is 32.1 Å². The minimum Gasteiger partial charge on any atom is -0.0915 e. The lowest BCUT2D eigenvalue weighted by molar-refractivity contribution is 0.333. The maximum Gasteiger partial charge on any atom is 0.0205 e. The van der Waals surface area contributed by atoms with Crippen molar-refractivity contribution in [1.29, 1.82) is 0 Å². The third kappa shape index (κ3) is 1.29. The molecule has 3 aliphatic rings. The van der Waals surface area contributed by atoms with E-state index in [-0.39, 0.29) is 0 Å². The van der Waals surface area contributed by atoms with E-state index in [9.17, 15) is 0 Å². The Morgan fingerprint density at radius 3 is 3.00 bits per heavy atom. The fourth-order valence-corrected chi connectivity index (χ4v) is 3.41. The normalized spacial score (nSPS) is 32.4.